The van der Waals surface area contributed by atoms with Crippen LogP contribution in [0.5, 0.6) is 0 Å². The number of hydrogen-bond acceptors (Lipinski definition) is 4. The Bertz CT molecular complexity index is 804. The molecule has 3 saturated carbocycles. The molecular weight excluding hydrogens is 472 g/mol. The van der Waals surface area contributed by atoms with Gasteiger partial charge in [0.2, 0.25) is 0 Å². The zero-order chi connectivity index (χ0) is 27.3. The zero-order valence-corrected chi connectivity index (χ0v) is 25.6. The van der Waals surface area contributed by atoms with Crippen LogP contribution in [0.3, 0.4) is 0 Å². The Balaban J connectivity index is 1.31. The highest BCUT2D eigenvalue weighted by Gasteiger charge is 2.59. The summed E-state index contributed by atoms with van der Waals surface area (Å²) in [6.45, 7) is 16.1. The summed E-state index contributed by atoms with van der Waals surface area (Å²) in [6, 6.07) is 0. The van der Waals surface area contributed by atoms with Crippen LogP contribution in [0.2, 0.25) is 0 Å². The Morgan fingerprint density at radius 2 is 1.79 bits per heavy atom. The maximum Gasteiger partial charge on any atom is 0.508 e. The smallest absolute Gasteiger partial charge is 0.432 e. The van der Waals surface area contributed by atoms with Crippen molar-refractivity contribution in [1.29, 1.82) is 0 Å². The van der Waals surface area contributed by atoms with E-state index in [1.165, 1.54) is 51.4 Å². The van der Waals surface area contributed by atoms with Gasteiger partial charge in [0.05, 0.1) is 6.61 Å². The van der Waals surface area contributed by atoms with Crippen molar-refractivity contribution < 1.29 is 19.0 Å². The molecule has 0 radical (unpaired) electrons. The lowest BCUT2D eigenvalue weighted by Gasteiger charge is -2.58. The molecule has 4 unspecified atom stereocenters. The van der Waals surface area contributed by atoms with Gasteiger partial charge >= 0.3 is 6.16 Å². The van der Waals surface area contributed by atoms with Crippen LogP contribution in [0, 0.1) is 46.3 Å². The standard InChI is InChI=1S/C34H58O4/c1-7-8-20-36-21-22-37-32(35)38-27-16-18-33(5)26(23-27)12-13-28-30-15-14-29(25(4)11-9-10-24(2)3)34(30,6)19-17-31(28)33/h12,24-25,27-31H,7-11,13-23H2,1-6H3/t25-,27?,28?,29-,30?,31?,33+,34-/m1/s1. The molecule has 4 aliphatic rings. The van der Waals surface area contributed by atoms with E-state index in [2.05, 4.69) is 47.6 Å². The molecule has 0 aliphatic heterocycles. The zero-order valence-electron chi connectivity index (χ0n) is 25.6. The topological polar surface area (TPSA) is 44.8 Å². The number of hydrogen-bond donors (Lipinski definition) is 0. The molecule has 4 heteroatoms. The summed E-state index contributed by atoms with van der Waals surface area (Å²) < 4.78 is 16.5. The molecule has 0 aromatic rings. The minimum Gasteiger partial charge on any atom is -0.432 e. The summed E-state index contributed by atoms with van der Waals surface area (Å²) in [5.74, 6) is 5.12. The van der Waals surface area contributed by atoms with Gasteiger partial charge in [-0.3, -0.25) is 0 Å². The lowest BCUT2D eigenvalue weighted by molar-refractivity contribution is -0.0625. The van der Waals surface area contributed by atoms with E-state index in [0.29, 0.717) is 12.0 Å². The molecule has 8 atom stereocenters. The van der Waals surface area contributed by atoms with Crippen molar-refractivity contribution in [3.05, 3.63) is 11.6 Å². The predicted octanol–water partition coefficient (Wildman–Crippen LogP) is 9.37. The lowest BCUT2D eigenvalue weighted by Crippen LogP contribution is -2.51. The van der Waals surface area contributed by atoms with Crippen LogP contribution in [-0.4, -0.2) is 32.1 Å². The first-order valence-corrected chi connectivity index (χ1v) is 16.3. The Hall–Kier alpha value is -1.03. The first-order chi connectivity index (χ1) is 18.2. The Morgan fingerprint density at radius 3 is 2.55 bits per heavy atom. The molecule has 38 heavy (non-hydrogen) atoms. The van der Waals surface area contributed by atoms with E-state index in [4.69, 9.17) is 14.2 Å². The Kier molecular flexibility index (Phi) is 10.3. The molecule has 4 nitrogen and oxygen atoms in total. The van der Waals surface area contributed by atoms with Gasteiger partial charge in [0.25, 0.3) is 0 Å². The van der Waals surface area contributed by atoms with Crippen LogP contribution in [0.25, 0.3) is 0 Å². The van der Waals surface area contributed by atoms with Crippen LogP contribution in [0.1, 0.15) is 125 Å². The summed E-state index contributed by atoms with van der Waals surface area (Å²) >= 11 is 0. The Labute approximate surface area is 234 Å². The van der Waals surface area contributed by atoms with Crippen molar-refractivity contribution in [2.45, 2.75) is 131 Å². The van der Waals surface area contributed by atoms with E-state index >= 15 is 0 Å². The van der Waals surface area contributed by atoms with Crippen LogP contribution < -0.4 is 0 Å². The number of unbranched alkanes of at least 4 members (excludes halogenated alkanes) is 1. The van der Waals surface area contributed by atoms with Gasteiger partial charge < -0.3 is 14.2 Å². The molecule has 218 valence electrons. The average Bonchev–Trinajstić information content (AvgIpc) is 3.23. The third-order valence-corrected chi connectivity index (χ3v) is 11.6. The van der Waals surface area contributed by atoms with Gasteiger partial charge in [-0.2, -0.15) is 0 Å². The van der Waals surface area contributed by atoms with Gasteiger partial charge in [0.15, 0.2) is 0 Å². The number of allylic oxidation sites excluding steroid dienone is 1. The van der Waals surface area contributed by atoms with Gasteiger partial charge in [-0.1, -0.05) is 78.9 Å². The molecule has 0 N–H and O–H groups in total. The predicted molar refractivity (Wildman–Crippen MR) is 155 cm³/mol. The van der Waals surface area contributed by atoms with Crippen molar-refractivity contribution in [2.24, 2.45) is 46.3 Å². The molecule has 4 rings (SSSR count). The number of ether oxygens (including phenoxy) is 3. The van der Waals surface area contributed by atoms with Gasteiger partial charge in [0, 0.05) is 13.0 Å². The third kappa shape index (κ3) is 6.47. The highest BCUT2D eigenvalue weighted by atomic mass is 16.7. The average molecular weight is 531 g/mol. The number of rotatable bonds is 12. The number of carbonyl (C=O) groups excluding carboxylic acids is 1. The summed E-state index contributed by atoms with van der Waals surface area (Å²) in [5.41, 5.74) is 2.37. The molecule has 0 amide bonds. The summed E-state index contributed by atoms with van der Waals surface area (Å²) in [6.07, 6.45) is 18.2. The van der Waals surface area contributed by atoms with Crippen molar-refractivity contribution in [1.82, 2.24) is 0 Å². The van der Waals surface area contributed by atoms with Crippen molar-refractivity contribution in [3.8, 4) is 0 Å². The fraction of sp³-hybridized carbons (Fsp3) is 0.912. The van der Waals surface area contributed by atoms with Crippen LogP contribution in [-0.2, 0) is 14.2 Å². The summed E-state index contributed by atoms with van der Waals surface area (Å²) in [5, 5.41) is 0. The minimum absolute atomic E-state index is 0.0456. The van der Waals surface area contributed by atoms with Gasteiger partial charge in [0.1, 0.15) is 12.7 Å². The molecule has 0 aromatic carbocycles. The van der Waals surface area contributed by atoms with Gasteiger partial charge in [-0.05, 0) is 97.7 Å². The lowest BCUT2D eigenvalue weighted by atomic mass is 9.47. The van der Waals surface area contributed by atoms with Crippen LogP contribution in [0.15, 0.2) is 11.6 Å². The molecule has 0 bridgehead atoms. The molecule has 4 aliphatic carbocycles. The molecule has 0 aromatic heterocycles. The molecular formula is C34H58O4. The second-order valence-electron chi connectivity index (χ2n) is 14.3. The normalized spacial score (nSPS) is 37.1. The molecule has 0 heterocycles. The van der Waals surface area contributed by atoms with Crippen molar-refractivity contribution in [3.63, 3.8) is 0 Å². The van der Waals surface area contributed by atoms with Gasteiger partial charge in [-0.15, -0.1) is 0 Å². The van der Waals surface area contributed by atoms with E-state index < -0.39 is 6.16 Å². The minimum atomic E-state index is -0.528. The quantitative estimate of drug-likeness (QED) is 0.143. The summed E-state index contributed by atoms with van der Waals surface area (Å²) in [4.78, 5) is 12.3. The monoisotopic (exact) mass is 530 g/mol. The third-order valence-electron chi connectivity index (χ3n) is 11.6. The molecule has 0 saturated heterocycles. The second-order valence-corrected chi connectivity index (χ2v) is 14.3. The highest BCUT2D eigenvalue weighted by molar-refractivity contribution is 5.60. The fourth-order valence-electron chi connectivity index (χ4n) is 9.46. The van der Waals surface area contributed by atoms with Crippen molar-refractivity contribution >= 4 is 6.16 Å². The number of carbonyl (C=O) groups is 1. The van der Waals surface area contributed by atoms with E-state index in [1.54, 1.807) is 5.57 Å². The van der Waals surface area contributed by atoms with E-state index in [0.717, 1.165) is 74.2 Å². The number of fused-ring (bicyclic) bond motifs is 5. The van der Waals surface area contributed by atoms with E-state index in [-0.39, 0.29) is 18.1 Å². The molecule has 0 spiro atoms. The maximum atomic E-state index is 12.3. The Morgan fingerprint density at radius 1 is 0.974 bits per heavy atom. The maximum absolute atomic E-state index is 12.3. The first-order valence-electron chi connectivity index (χ1n) is 16.3. The van der Waals surface area contributed by atoms with Gasteiger partial charge in [-0.25, -0.2) is 4.79 Å². The van der Waals surface area contributed by atoms with Crippen LogP contribution >= 0.6 is 0 Å². The van der Waals surface area contributed by atoms with Crippen molar-refractivity contribution in [2.75, 3.05) is 19.8 Å². The van der Waals surface area contributed by atoms with E-state index in [1.807, 2.05) is 0 Å². The fourth-order valence-corrected chi connectivity index (χ4v) is 9.46. The highest BCUT2D eigenvalue weighted by Crippen LogP contribution is 2.67. The summed E-state index contributed by atoms with van der Waals surface area (Å²) in [7, 11) is 0. The second kappa shape index (κ2) is 13.1. The molecule has 3 fully saturated rings. The first kappa shape index (κ1) is 29.9. The largest absolute Gasteiger partial charge is 0.508 e. The SMILES string of the molecule is CCCCOCCOC(=O)OC1CC[C@@]2(C)C(=CCC3C2CC[C@@]2(C)C3CC[C@@H]2[C@H](C)CCCC(C)C)C1. The van der Waals surface area contributed by atoms with Crippen LogP contribution in [0.4, 0.5) is 4.79 Å². The van der Waals surface area contributed by atoms with E-state index in [9.17, 15) is 4.79 Å².